The Morgan fingerprint density at radius 1 is 1.40 bits per heavy atom. The van der Waals surface area contributed by atoms with Crippen LogP contribution < -0.4 is 10.1 Å². The largest absolute Gasteiger partial charge is 0.489 e. The highest BCUT2D eigenvalue weighted by molar-refractivity contribution is 5.24. The van der Waals surface area contributed by atoms with E-state index in [1.807, 2.05) is 0 Å². The molecule has 0 atom stereocenters. The molecule has 0 radical (unpaired) electrons. The summed E-state index contributed by atoms with van der Waals surface area (Å²) in [7, 11) is 0. The molecule has 0 aromatic heterocycles. The van der Waals surface area contributed by atoms with Crippen molar-refractivity contribution in [3.8, 4) is 18.1 Å². The van der Waals surface area contributed by atoms with Crippen LogP contribution in [0.4, 0.5) is 8.78 Å². The predicted molar refractivity (Wildman–Crippen MR) is 53.6 cm³/mol. The number of hydrogen-bond acceptors (Lipinski definition) is 2. The van der Waals surface area contributed by atoms with Gasteiger partial charge in [-0.2, -0.15) is 0 Å². The average molecular weight is 211 g/mol. The van der Waals surface area contributed by atoms with E-state index in [2.05, 4.69) is 11.2 Å². The van der Waals surface area contributed by atoms with Gasteiger partial charge in [-0.05, 0) is 12.1 Å². The van der Waals surface area contributed by atoms with Crippen LogP contribution in [-0.2, 0) is 0 Å². The van der Waals surface area contributed by atoms with Crippen LogP contribution in [0.15, 0.2) is 18.2 Å². The Morgan fingerprint density at radius 3 is 2.93 bits per heavy atom. The molecule has 4 heteroatoms. The minimum absolute atomic E-state index is 0.0856. The molecule has 0 fully saturated rings. The van der Waals surface area contributed by atoms with Crippen molar-refractivity contribution >= 4 is 0 Å². The second-order valence-corrected chi connectivity index (χ2v) is 2.80. The molecular formula is C11H11F2NO. The maximum absolute atomic E-state index is 13.0. The minimum atomic E-state index is -0.576. The molecule has 0 heterocycles. The van der Waals surface area contributed by atoms with E-state index in [1.165, 1.54) is 0 Å². The molecule has 0 bridgehead atoms. The van der Waals surface area contributed by atoms with Gasteiger partial charge in [0.1, 0.15) is 12.4 Å². The fourth-order valence-electron chi connectivity index (χ4n) is 0.982. The summed E-state index contributed by atoms with van der Waals surface area (Å²) in [6, 6.07) is 3.08. The highest BCUT2D eigenvalue weighted by Gasteiger charge is 2.03. The van der Waals surface area contributed by atoms with Crippen LogP contribution in [-0.4, -0.2) is 19.7 Å². The smallest absolute Gasteiger partial charge is 0.165 e. The molecule has 1 aromatic carbocycles. The average Bonchev–Trinajstić information content (AvgIpc) is 2.23. The topological polar surface area (TPSA) is 21.3 Å². The van der Waals surface area contributed by atoms with E-state index in [4.69, 9.17) is 11.2 Å². The van der Waals surface area contributed by atoms with Crippen molar-refractivity contribution in [2.45, 2.75) is 0 Å². The van der Waals surface area contributed by atoms with Crippen LogP contribution in [0.3, 0.4) is 0 Å². The number of hydrogen-bond donors (Lipinski definition) is 1. The lowest BCUT2D eigenvalue weighted by Gasteiger charge is -2.06. The molecule has 0 amide bonds. The van der Waals surface area contributed by atoms with Crippen molar-refractivity contribution < 1.29 is 13.5 Å². The highest BCUT2D eigenvalue weighted by atomic mass is 19.1. The Kier molecular flexibility index (Phi) is 4.58. The van der Waals surface area contributed by atoms with Crippen molar-refractivity contribution in [2.24, 2.45) is 0 Å². The molecule has 1 N–H and O–H groups in total. The third kappa shape index (κ3) is 3.96. The van der Waals surface area contributed by atoms with Gasteiger partial charge in [0.2, 0.25) is 0 Å². The summed E-state index contributed by atoms with van der Waals surface area (Å²) in [4.78, 5) is 0. The molecule has 0 aliphatic carbocycles. The third-order valence-corrected chi connectivity index (χ3v) is 1.66. The van der Waals surface area contributed by atoms with Crippen molar-refractivity contribution in [2.75, 3.05) is 19.7 Å². The van der Waals surface area contributed by atoms with Crippen molar-refractivity contribution in [1.82, 2.24) is 5.32 Å². The van der Waals surface area contributed by atoms with Crippen LogP contribution in [0.2, 0.25) is 0 Å². The first-order valence-corrected chi connectivity index (χ1v) is 4.46. The summed E-state index contributed by atoms with van der Waals surface area (Å²) in [6.07, 6.45) is 5.00. The maximum Gasteiger partial charge on any atom is 0.165 e. The van der Waals surface area contributed by atoms with Gasteiger partial charge in [0.05, 0.1) is 6.54 Å². The van der Waals surface area contributed by atoms with E-state index in [9.17, 15) is 8.78 Å². The summed E-state index contributed by atoms with van der Waals surface area (Å²) in [6.45, 7) is 1.15. The molecule has 2 nitrogen and oxygen atoms in total. The molecular weight excluding hydrogens is 200 g/mol. The summed E-state index contributed by atoms with van der Waals surface area (Å²) in [5, 5.41) is 2.86. The van der Waals surface area contributed by atoms with Gasteiger partial charge in [0.25, 0.3) is 0 Å². The molecule has 0 saturated heterocycles. The molecule has 80 valence electrons. The fraction of sp³-hybridized carbons (Fsp3) is 0.273. The first-order chi connectivity index (χ1) is 7.24. The molecule has 0 unspecified atom stereocenters. The zero-order valence-corrected chi connectivity index (χ0v) is 8.09. The monoisotopic (exact) mass is 211 g/mol. The molecule has 1 aromatic rings. The van der Waals surface area contributed by atoms with Gasteiger partial charge in [-0.25, -0.2) is 8.78 Å². The zero-order chi connectivity index (χ0) is 11.1. The van der Waals surface area contributed by atoms with Gasteiger partial charge in [-0.1, -0.05) is 5.92 Å². The SMILES string of the molecule is C#CCNCCOc1cc(F)ccc1F. The molecule has 0 spiro atoms. The molecule has 15 heavy (non-hydrogen) atoms. The fourth-order valence-corrected chi connectivity index (χ4v) is 0.982. The minimum Gasteiger partial charge on any atom is -0.489 e. The van der Waals surface area contributed by atoms with Gasteiger partial charge < -0.3 is 10.1 Å². The number of halogens is 2. The molecule has 0 aliphatic heterocycles. The Balaban J connectivity index is 2.37. The predicted octanol–water partition coefficient (Wildman–Crippen LogP) is 1.57. The van der Waals surface area contributed by atoms with Crippen molar-refractivity contribution in [1.29, 1.82) is 0 Å². The van der Waals surface area contributed by atoms with E-state index < -0.39 is 11.6 Å². The van der Waals surface area contributed by atoms with Gasteiger partial charge in [0.15, 0.2) is 11.6 Å². The first kappa shape index (κ1) is 11.5. The second kappa shape index (κ2) is 5.99. The lowest BCUT2D eigenvalue weighted by atomic mass is 10.3. The van der Waals surface area contributed by atoms with Crippen LogP contribution >= 0.6 is 0 Å². The summed E-state index contributed by atoms with van der Waals surface area (Å²) < 4.78 is 30.7. The van der Waals surface area contributed by atoms with Crippen LogP contribution in [0.1, 0.15) is 0 Å². The first-order valence-electron chi connectivity index (χ1n) is 4.46. The standard InChI is InChI=1S/C11H11F2NO/c1-2-5-14-6-7-15-11-8-9(12)3-4-10(11)13/h1,3-4,8,14H,5-7H2. The number of terminal acetylenes is 1. The van der Waals surface area contributed by atoms with E-state index in [0.717, 1.165) is 18.2 Å². The summed E-state index contributed by atoms with van der Waals surface area (Å²) in [5.41, 5.74) is 0. The second-order valence-electron chi connectivity index (χ2n) is 2.80. The number of ether oxygens (including phenoxy) is 1. The Bertz CT molecular complexity index is 360. The van der Waals surface area contributed by atoms with E-state index in [1.54, 1.807) is 0 Å². The quantitative estimate of drug-likeness (QED) is 0.589. The molecule has 0 aliphatic rings. The zero-order valence-electron chi connectivity index (χ0n) is 8.09. The normalized spacial score (nSPS) is 9.67. The Labute approximate surface area is 87.2 Å². The highest BCUT2D eigenvalue weighted by Crippen LogP contribution is 2.17. The van der Waals surface area contributed by atoms with Gasteiger partial charge in [-0.3, -0.25) is 0 Å². The lowest BCUT2D eigenvalue weighted by molar-refractivity contribution is 0.299. The van der Waals surface area contributed by atoms with Crippen molar-refractivity contribution in [3.63, 3.8) is 0 Å². The maximum atomic E-state index is 13.0. The third-order valence-electron chi connectivity index (χ3n) is 1.66. The van der Waals surface area contributed by atoms with Gasteiger partial charge in [0, 0.05) is 12.6 Å². The van der Waals surface area contributed by atoms with E-state index in [-0.39, 0.29) is 12.4 Å². The Hall–Kier alpha value is -1.60. The van der Waals surface area contributed by atoms with Crippen molar-refractivity contribution in [3.05, 3.63) is 29.8 Å². The van der Waals surface area contributed by atoms with Gasteiger partial charge in [-0.15, -0.1) is 6.42 Å². The van der Waals surface area contributed by atoms with Crippen LogP contribution in [0.5, 0.6) is 5.75 Å². The molecule has 1 rings (SSSR count). The molecule has 0 saturated carbocycles. The van der Waals surface area contributed by atoms with Crippen LogP contribution in [0.25, 0.3) is 0 Å². The number of benzene rings is 1. The van der Waals surface area contributed by atoms with E-state index in [0.29, 0.717) is 13.1 Å². The van der Waals surface area contributed by atoms with Gasteiger partial charge >= 0.3 is 0 Å². The summed E-state index contributed by atoms with van der Waals surface area (Å²) in [5.74, 6) is 1.20. The number of nitrogens with one attached hydrogen (secondary N) is 1. The Morgan fingerprint density at radius 2 is 2.20 bits per heavy atom. The van der Waals surface area contributed by atoms with Crippen LogP contribution in [0, 0.1) is 24.0 Å². The van der Waals surface area contributed by atoms with E-state index >= 15 is 0 Å². The summed E-state index contributed by atoms with van der Waals surface area (Å²) >= 11 is 0. The number of rotatable bonds is 5. The lowest BCUT2D eigenvalue weighted by Crippen LogP contribution is -2.21.